The summed E-state index contributed by atoms with van der Waals surface area (Å²) >= 11 is 0. The topological polar surface area (TPSA) is 100 Å². The van der Waals surface area contributed by atoms with Crippen molar-refractivity contribution in [3.05, 3.63) is 101 Å². The lowest BCUT2D eigenvalue weighted by molar-refractivity contribution is 0.0759. The summed E-state index contributed by atoms with van der Waals surface area (Å²) in [6.07, 6.45) is 1.59. The summed E-state index contributed by atoms with van der Waals surface area (Å²) in [7, 11) is -0.473. The second-order valence-corrected chi connectivity index (χ2v) is 10.2. The van der Waals surface area contributed by atoms with Gasteiger partial charge in [0.05, 0.1) is 17.7 Å². The molecule has 192 valence electrons. The molecule has 1 aliphatic rings. The van der Waals surface area contributed by atoms with E-state index in [1.54, 1.807) is 55.6 Å². The highest BCUT2D eigenvalue weighted by Crippen LogP contribution is 2.40. The number of amides is 2. The van der Waals surface area contributed by atoms with Gasteiger partial charge in [0.1, 0.15) is 11.3 Å². The summed E-state index contributed by atoms with van der Waals surface area (Å²) in [6, 6.07) is 17.9. The third-order valence-electron chi connectivity index (χ3n) is 6.41. The minimum Gasteiger partial charge on any atom is -0.505 e. The molecule has 0 radical (unpaired) electrons. The number of hydrogen-bond acceptors (Lipinski definition) is 6. The third-order valence-corrected chi connectivity index (χ3v) is 7.39. The Morgan fingerprint density at radius 3 is 2.61 bits per heavy atom. The van der Waals surface area contributed by atoms with E-state index in [4.69, 9.17) is 4.52 Å². The Morgan fingerprint density at radius 2 is 1.87 bits per heavy atom. The highest BCUT2D eigenvalue weighted by atomic mass is 31.1. The normalized spacial score (nSPS) is 12.9. The predicted octanol–water partition coefficient (Wildman–Crippen LogP) is 5.13. The van der Waals surface area contributed by atoms with Crippen molar-refractivity contribution in [3.8, 4) is 11.5 Å². The molecular formula is C28H24FN3O5P+. The number of hydrogen-bond donors (Lipinski definition) is 1. The number of para-hydroxylation sites is 1. The Kier molecular flexibility index (Phi) is 7.03. The average Bonchev–Trinajstić information content (AvgIpc) is 3.24. The van der Waals surface area contributed by atoms with Crippen molar-refractivity contribution >= 4 is 30.7 Å². The van der Waals surface area contributed by atoms with Gasteiger partial charge in [0.25, 0.3) is 11.8 Å². The first-order valence-corrected chi connectivity index (χ1v) is 13.3. The number of nitrogens with zero attached hydrogens (tertiary/aromatic N) is 3. The average molecular weight is 532 g/mol. The smallest absolute Gasteiger partial charge is 0.505 e. The zero-order valence-corrected chi connectivity index (χ0v) is 21.4. The first kappa shape index (κ1) is 25.3. The van der Waals surface area contributed by atoms with Crippen LogP contribution in [0.3, 0.4) is 0 Å². The number of aromatic nitrogens is 1. The van der Waals surface area contributed by atoms with E-state index in [0.29, 0.717) is 22.3 Å². The van der Waals surface area contributed by atoms with Crippen LogP contribution in [0.5, 0.6) is 11.5 Å². The molecule has 1 aromatic heterocycles. The van der Waals surface area contributed by atoms with Crippen LogP contribution in [0.4, 0.5) is 4.39 Å². The molecule has 1 unspecified atom stereocenters. The molecule has 3 aromatic carbocycles. The molecule has 4 aromatic rings. The van der Waals surface area contributed by atoms with Crippen molar-refractivity contribution in [3.63, 3.8) is 0 Å². The second kappa shape index (κ2) is 10.6. The zero-order chi connectivity index (χ0) is 26.8. The van der Waals surface area contributed by atoms with Crippen LogP contribution in [0, 0.1) is 5.82 Å². The molecule has 1 atom stereocenters. The number of phenolic OH excluding ortho intramolecular Hbond substituents is 1. The Morgan fingerprint density at radius 1 is 1.13 bits per heavy atom. The van der Waals surface area contributed by atoms with Crippen LogP contribution in [0.15, 0.2) is 72.9 Å². The summed E-state index contributed by atoms with van der Waals surface area (Å²) < 4.78 is 31.3. The minimum absolute atomic E-state index is 0.0357. The lowest BCUT2D eigenvalue weighted by Gasteiger charge is -2.19. The van der Waals surface area contributed by atoms with Gasteiger partial charge in [-0.2, -0.15) is 0 Å². The molecule has 0 fully saturated rings. The molecule has 5 rings (SSSR count). The summed E-state index contributed by atoms with van der Waals surface area (Å²) in [5.41, 5.74) is 1.56. The van der Waals surface area contributed by atoms with Gasteiger partial charge in [-0.25, -0.2) is 4.39 Å². The van der Waals surface area contributed by atoms with E-state index >= 15 is 0 Å². The van der Waals surface area contributed by atoms with Crippen molar-refractivity contribution in [2.24, 2.45) is 0 Å². The van der Waals surface area contributed by atoms with E-state index in [9.17, 15) is 23.7 Å². The van der Waals surface area contributed by atoms with Crippen molar-refractivity contribution in [2.45, 2.75) is 13.1 Å². The number of carbonyl (C=O) groups excluding carboxylic acids is 2. The van der Waals surface area contributed by atoms with Crippen molar-refractivity contribution in [2.75, 3.05) is 19.8 Å². The molecule has 0 aliphatic carbocycles. The van der Waals surface area contributed by atoms with Gasteiger partial charge in [-0.1, -0.05) is 36.4 Å². The van der Waals surface area contributed by atoms with Gasteiger partial charge in [-0.15, -0.1) is 0 Å². The Labute approximate surface area is 219 Å². The Bertz CT molecular complexity index is 1550. The number of aromatic hydroxyl groups is 1. The highest BCUT2D eigenvalue weighted by molar-refractivity contribution is 7.39. The summed E-state index contributed by atoms with van der Waals surface area (Å²) in [6.45, 7) is 0.410. The first-order chi connectivity index (χ1) is 18.3. The van der Waals surface area contributed by atoms with E-state index in [1.807, 2.05) is 6.07 Å². The van der Waals surface area contributed by atoms with Crippen LogP contribution in [0.2, 0.25) is 0 Å². The van der Waals surface area contributed by atoms with Gasteiger partial charge in [0, 0.05) is 37.3 Å². The van der Waals surface area contributed by atoms with Crippen LogP contribution in [0.25, 0.3) is 10.9 Å². The molecule has 2 amide bonds. The predicted molar refractivity (Wildman–Crippen MR) is 140 cm³/mol. The fourth-order valence-corrected chi connectivity index (χ4v) is 5.42. The molecule has 1 N–H and O–H groups in total. The molecule has 10 heteroatoms. The van der Waals surface area contributed by atoms with Gasteiger partial charge in [-0.3, -0.25) is 19.1 Å². The lowest BCUT2D eigenvalue weighted by Crippen LogP contribution is -2.30. The third kappa shape index (κ3) is 4.93. The first-order valence-electron chi connectivity index (χ1n) is 11.9. The number of carbonyl (C=O) groups is 2. The molecule has 0 saturated carbocycles. The van der Waals surface area contributed by atoms with Gasteiger partial charge in [-0.05, 0) is 40.5 Å². The van der Waals surface area contributed by atoms with E-state index in [0.717, 1.165) is 0 Å². The summed E-state index contributed by atoms with van der Waals surface area (Å²) in [4.78, 5) is 34.2. The largest absolute Gasteiger partial charge is 0.557 e. The number of pyridine rings is 1. The van der Waals surface area contributed by atoms with Crippen LogP contribution in [-0.2, 0) is 17.7 Å². The fourth-order valence-electron chi connectivity index (χ4n) is 4.50. The van der Waals surface area contributed by atoms with Crippen molar-refractivity contribution < 1.29 is 28.2 Å². The Hall–Kier alpha value is -4.36. The second-order valence-electron chi connectivity index (χ2n) is 8.95. The van der Waals surface area contributed by atoms with Gasteiger partial charge in [0.15, 0.2) is 11.5 Å². The standard InChI is InChI=1S/C28H23FN3O5P/c1-31(14-15-38(36)37-20-6-3-2-4-7-20)27(34)23-21-8-5-13-30-25(21)26(33)24-22(23)17-32(28(24)35)16-18-9-11-19(29)12-10-18/h2-13H,14-17H2,1H3/p+1. The molecule has 0 spiro atoms. The summed E-state index contributed by atoms with van der Waals surface area (Å²) in [5.74, 6) is -1.01. The minimum atomic E-state index is -2.06. The lowest BCUT2D eigenvalue weighted by atomic mass is 9.95. The molecule has 0 saturated heterocycles. The number of benzene rings is 3. The Balaban J connectivity index is 1.42. The van der Waals surface area contributed by atoms with Crippen LogP contribution < -0.4 is 4.52 Å². The van der Waals surface area contributed by atoms with Crippen molar-refractivity contribution in [1.29, 1.82) is 0 Å². The van der Waals surface area contributed by atoms with E-state index in [2.05, 4.69) is 4.98 Å². The van der Waals surface area contributed by atoms with Crippen molar-refractivity contribution in [1.82, 2.24) is 14.8 Å². The van der Waals surface area contributed by atoms with E-state index in [-0.39, 0.29) is 54.0 Å². The molecule has 0 bridgehead atoms. The number of fused-ring (bicyclic) bond motifs is 2. The van der Waals surface area contributed by atoms with Gasteiger partial charge < -0.3 is 14.9 Å². The van der Waals surface area contributed by atoms with E-state index < -0.39 is 19.8 Å². The monoisotopic (exact) mass is 532 g/mol. The van der Waals surface area contributed by atoms with Crippen LogP contribution >= 0.6 is 8.03 Å². The fraction of sp³-hybridized carbons (Fsp3) is 0.179. The quantitative estimate of drug-likeness (QED) is 0.316. The molecule has 38 heavy (non-hydrogen) atoms. The maximum absolute atomic E-state index is 13.7. The molecule has 1 aliphatic heterocycles. The SMILES string of the molecule is CN(CC[P+](=O)Oc1ccccc1)C(=O)c1c2c(c(O)c3ncccc13)C(=O)N(Cc1ccc(F)cc1)C2. The van der Waals surface area contributed by atoms with Gasteiger partial charge >= 0.3 is 8.03 Å². The highest BCUT2D eigenvalue weighted by Gasteiger charge is 2.37. The molecular weight excluding hydrogens is 508 g/mol. The molecule has 8 nitrogen and oxygen atoms in total. The number of rotatable bonds is 8. The van der Waals surface area contributed by atoms with Crippen LogP contribution in [-0.4, -0.2) is 51.5 Å². The maximum atomic E-state index is 13.7. The number of halogens is 1. The maximum Gasteiger partial charge on any atom is 0.557 e. The summed E-state index contributed by atoms with van der Waals surface area (Å²) in [5, 5.41) is 11.4. The van der Waals surface area contributed by atoms with Crippen LogP contribution in [0.1, 0.15) is 31.8 Å². The van der Waals surface area contributed by atoms with E-state index in [1.165, 1.54) is 28.1 Å². The van der Waals surface area contributed by atoms with Gasteiger partial charge in [0.2, 0.25) is 6.16 Å². The molecule has 2 heterocycles. The zero-order valence-electron chi connectivity index (χ0n) is 20.5. The number of phenols is 1.